The Morgan fingerprint density at radius 3 is 2.56 bits per heavy atom. The van der Waals surface area contributed by atoms with E-state index in [4.69, 9.17) is 30.5 Å². The second-order valence-corrected chi connectivity index (χ2v) is 7.64. The number of carbonyl (C=O) groups is 1. The van der Waals surface area contributed by atoms with Gasteiger partial charge in [0.2, 0.25) is 6.79 Å². The number of anilines is 2. The summed E-state index contributed by atoms with van der Waals surface area (Å²) in [7, 11) is 1.53. The second kappa shape index (κ2) is 9.70. The van der Waals surface area contributed by atoms with E-state index >= 15 is 0 Å². The van der Waals surface area contributed by atoms with Gasteiger partial charge >= 0.3 is 0 Å². The third kappa shape index (κ3) is 5.18. The molecule has 3 aromatic carbocycles. The van der Waals surface area contributed by atoms with Crippen molar-refractivity contribution in [2.24, 2.45) is 0 Å². The summed E-state index contributed by atoms with van der Waals surface area (Å²) in [5, 5.41) is 6.46. The van der Waals surface area contributed by atoms with Gasteiger partial charge in [0.1, 0.15) is 0 Å². The highest BCUT2D eigenvalue weighted by Crippen LogP contribution is 2.37. The van der Waals surface area contributed by atoms with Crippen LogP contribution < -0.4 is 29.6 Å². The third-order valence-electron chi connectivity index (χ3n) is 4.84. The van der Waals surface area contributed by atoms with Gasteiger partial charge < -0.3 is 29.6 Å². The number of benzene rings is 3. The number of amides is 1. The Bertz CT molecular complexity index is 1120. The number of rotatable bonds is 8. The molecule has 0 radical (unpaired) electrons. The Hall–Kier alpha value is -3.58. The van der Waals surface area contributed by atoms with Gasteiger partial charge in [0.25, 0.3) is 5.91 Å². The van der Waals surface area contributed by atoms with E-state index in [0.717, 1.165) is 22.6 Å². The van der Waals surface area contributed by atoms with Crippen LogP contribution in [0, 0.1) is 6.92 Å². The number of halogens is 1. The molecule has 0 fully saturated rings. The van der Waals surface area contributed by atoms with Crippen LogP contribution in [0.5, 0.6) is 23.0 Å². The lowest BCUT2D eigenvalue weighted by Gasteiger charge is -2.15. The maximum absolute atomic E-state index is 12.2. The standard InChI is InChI=1S/C24H23ClN2O5/c1-15-3-5-17(6-4-15)27-23(28)13-30-24-19(25)9-16(10-22(24)29-2)12-26-18-7-8-20-21(11-18)32-14-31-20/h3-11,26H,12-14H2,1-2H3,(H,27,28). The predicted molar refractivity (Wildman–Crippen MR) is 123 cm³/mol. The lowest BCUT2D eigenvalue weighted by molar-refractivity contribution is -0.118. The summed E-state index contributed by atoms with van der Waals surface area (Å²) in [6, 6.07) is 16.8. The van der Waals surface area contributed by atoms with Crippen molar-refractivity contribution in [3.63, 3.8) is 0 Å². The third-order valence-corrected chi connectivity index (χ3v) is 5.12. The van der Waals surface area contributed by atoms with Crippen molar-refractivity contribution in [1.29, 1.82) is 0 Å². The first-order chi connectivity index (χ1) is 15.5. The Kier molecular flexibility index (Phi) is 6.56. The molecule has 1 aliphatic heterocycles. The SMILES string of the molecule is COc1cc(CNc2ccc3c(c2)OCO3)cc(Cl)c1OCC(=O)Nc1ccc(C)cc1. The highest BCUT2D eigenvalue weighted by atomic mass is 35.5. The summed E-state index contributed by atoms with van der Waals surface area (Å²) in [6.07, 6.45) is 0. The molecule has 166 valence electrons. The van der Waals surface area contributed by atoms with Crippen molar-refractivity contribution < 1.29 is 23.7 Å². The smallest absolute Gasteiger partial charge is 0.262 e. The Morgan fingerprint density at radius 1 is 1.03 bits per heavy atom. The predicted octanol–water partition coefficient (Wildman–Crippen LogP) is 5.02. The molecule has 0 saturated heterocycles. The van der Waals surface area contributed by atoms with Gasteiger partial charge in [0, 0.05) is 24.0 Å². The molecular weight excluding hydrogens is 432 g/mol. The van der Waals surface area contributed by atoms with Gasteiger partial charge in [-0.1, -0.05) is 29.3 Å². The molecule has 4 rings (SSSR count). The number of nitrogens with one attached hydrogen (secondary N) is 2. The van der Waals surface area contributed by atoms with Gasteiger partial charge in [-0.05, 0) is 48.9 Å². The van der Waals surface area contributed by atoms with Crippen LogP contribution in [0.1, 0.15) is 11.1 Å². The fourth-order valence-corrected chi connectivity index (χ4v) is 3.49. The first-order valence-corrected chi connectivity index (χ1v) is 10.4. The molecule has 0 spiro atoms. The van der Waals surface area contributed by atoms with Gasteiger partial charge in [-0.2, -0.15) is 0 Å². The lowest BCUT2D eigenvalue weighted by atomic mass is 10.2. The van der Waals surface area contributed by atoms with Crippen molar-refractivity contribution >= 4 is 28.9 Å². The number of hydrogen-bond acceptors (Lipinski definition) is 6. The van der Waals surface area contributed by atoms with E-state index in [1.807, 2.05) is 55.5 Å². The minimum atomic E-state index is -0.291. The van der Waals surface area contributed by atoms with E-state index in [-0.39, 0.29) is 19.3 Å². The molecule has 1 aliphatic rings. The number of ether oxygens (including phenoxy) is 4. The van der Waals surface area contributed by atoms with E-state index in [1.54, 1.807) is 6.07 Å². The lowest BCUT2D eigenvalue weighted by Crippen LogP contribution is -2.20. The molecule has 1 heterocycles. The Labute approximate surface area is 191 Å². The molecule has 0 atom stereocenters. The zero-order valence-corrected chi connectivity index (χ0v) is 18.5. The number of methoxy groups -OCH3 is 1. The monoisotopic (exact) mass is 454 g/mol. The molecule has 0 unspecified atom stereocenters. The minimum Gasteiger partial charge on any atom is -0.493 e. The molecule has 0 bridgehead atoms. The molecule has 2 N–H and O–H groups in total. The van der Waals surface area contributed by atoms with Gasteiger partial charge in [-0.15, -0.1) is 0 Å². The van der Waals surface area contributed by atoms with Crippen molar-refractivity contribution in [2.75, 3.05) is 31.1 Å². The summed E-state index contributed by atoms with van der Waals surface area (Å²) in [5.41, 5.74) is 3.59. The number of hydrogen-bond donors (Lipinski definition) is 2. The van der Waals surface area contributed by atoms with Gasteiger partial charge in [-0.25, -0.2) is 0 Å². The van der Waals surface area contributed by atoms with E-state index in [0.29, 0.717) is 34.5 Å². The van der Waals surface area contributed by atoms with Crippen LogP contribution in [0.3, 0.4) is 0 Å². The van der Waals surface area contributed by atoms with E-state index in [9.17, 15) is 4.79 Å². The molecule has 3 aromatic rings. The fourth-order valence-electron chi connectivity index (χ4n) is 3.20. The van der Waals surface area contributed by atoms with E-state index in [2.05, 4.69) is 10.6 Å². The van der Waals surface area contributed by atoms with Crippen molar-refractivity contribution in [3.8, 4) is 23.0 Å². The van der Waals surface area contributed by atoms with Crippen LogP contribution >= 0.6 is 11.6 Å². The Morgan fingerprint density at radius 2 is 1.78 bits per heavy atom. The highest BCUT2D eigenvalue weighted by Gasteiger charge is 2.16. The summed E-state index contributed by atoms with van der Waals surface area (Å²) in [5.74, 6) is 1.91. The van der Waals surface area contributed by atoms with Crippen molar-refractivity contribution in [1.82, 2.24) is 0 Å². The van der Waals surface area contributed by atoms with E-state index < -0.39 is 0 Å². The molecular formula is C24H23ClN2O5. The van der Waals surface area contributed by atoms with Crippen LogP contribution in [0.2, 0.25) is 5.02 Å². The number of fused-ring (bicyclic) bond motifs is 1. The van der Waals surface area contributed by atoms with Crippen LogP contribution in [0.25, 0.3) is 0 Å². The molecule has 0 saturated carbocycles. The van der Waals surface area contributed by atoms with Crippen molar-refractivity contribution in [3.05, 3.63) is 70.7 Å². The first kappa shape index (κ1) is 21.6. The van der Waals surface area contributed by atoms with E-state index in [1.165, 1.54) is 7.11 Å². The van der Waals surface area contributed by atoms with Crippen LogP contribution in [0.4, 0.5) is 11.4 Å². The van der Waals surface area contributed by atoms with Crippen LogP contribution in [-0.2, 0) is 11.3 Å². The molecule has 8 heteroatoms. The molecule has 32 heavy (non-hydrogen) atoms. The average molecular weight is 455 g/mol. The zero-order valence-electron chi connectivity index (χ0n) is 17.7. The van der Waals surface area contributed by atoms with Crippen LogP contribution in [-0.4, -0.2) is 26.4 Å². The maximum Gasteiger partial charge on any atom is 0.262 e. The molecule has 1 amide bonds. The first-order valence-electron chi connectivity index (χ1n) is 10.0. The largest absolute Gasteiger partial charge is 0.493 e. The average Bonchev–Trinajstić information content (AvgIpc) is 3.26. The molecule has 0 aromatic heterocycles. The normalized spacial score (nSPS) is 11.7. The quantitative estimate of drug-likeness (QED) is 0.498. The summed E-state index contributed by atoms with van der Waals surface area (Å²) >= 11 is 6.43. The van der Waals surface area contributed by atoms with Crippen LogP contribution in [0.15, 0.2) is 54.6 Å². The summed E-state index contributed by atoms with van der Waals surface area (Å²) in [4.78, 5) is 12.2. The van der Waals surface area contributed by atoms with Gasteiger partial charge in [-0.3, -0.25) is 4.79 Å². The summed E-state index contributed by atoms with van der Waals surface area (Å²) in [6.45, 7) is 2.52. The minimum absolute atomic E-state index is 0.196. The number of aryl methyl sites for hydroxylation is 1. The molecule has 0 aliphatic carbocycles. The topological polar surface area (TPSA) is 78.1 Å². The summed E-state index contributed by atoms with van der Waals surface area (Å²) < 4.78 is 21.8. The Balaban J connectivity index is 1.38. The van der Waals surface area contributed by atoms with Crippen molar-refractivity contribution in [2.45, 2.75) is 13.5 Å². The zero-order chi connectivity index (χ0) is 22.5. The number of carbonyl (C=O) groups excluding carboxylic acids is 1. The van der Waals surface area contributed by atoms with Gasteiger partial charge in [0.05, 0.1) is 12.1 Å². The highest BCUT2D eigenvalue weighted by molar-refractivity contribution is 6.32. The second-order valence-electron chi connectivity index (χ2n) is 7.23. The maximum atomic E-state index is 12.2. The van der Waals surface area contributed by atoms with Gasteiger partial charge in [0.15, 0.2) is 29.6 Å². The fraction of sp³-hybridized carbons (Fsp3) is 0.208. The molecule has 7 nitrogen and oxygen atoms in total.